The highest BCUT2D eigenvalue weighted by Gasteiger charge is 2.15. The standard InChI is InChI=1S/C11H16BrN3/c1-9-7-15(5-4-13-9)8-11-3-2-10(12)6-14-11/h2-3,6,9,13H,4-5,7-8H2,1H3. The predicted octanol–water partition coefficient (Wildman–Crippen LogP) is 1.64. The Kier molecular flexibility index (Phi) is 3.72. The van der Waals surface area contributed by atoms with Crippen molar-refractivity contribution in [2.24, 2.45) is 0 Å². The third-order valence-electron chi connectivity index (χ3n) is 2.63. The summed E-state index contributed by atoms with van der Waals surface area (Å²) in [4.78, 5) is 6.83. The van der Waals surface area contributed by atoms with E-state index in [1.54, 1.807) is 0 Å². The molecule has 0 aromatic carbocycles. The van der Waals surface area contributed by atoms with Gasteiger partial charge in [0.15, 0.2) is 0 Å². The third-order valence-corrected chi connectivity index (χ3v) is 3.10. The molecule has 1 aliphatic rings. The van der Waals surface area contributed by atoms with Crippen LogP contribution >= 0.6 is 15.9 Å². The largest absolute Gasteiger partial charge is 0.312 e. The second-order valence-electron chi connectivity index (χ2n) is 4.06. The van der Waals surface area contributed by atoms with Gasteiger partial charge >= 0.3 is 0 Å². The lowest BCUT2D eigenvalue weighted by atomic mass is 10.2. The van der Waals surface area contributed by atoms with Crippen LogP contribution in [0.15, 0.2) is 22.8 Å². The molecule has 0 amide bonds. The molecule has 15 heavy (non-hydrogen) atoms. The highest BCUT2D eigenvalue weighted by Crippen LogP contribution is 2.10. The van der Waals surface area contributed by atoms with E-state index in [0.717, 1.165) is 36.3 Å². The molecule has 1 aromatic rings. The van der Waals surface area contributed by atoms with Gasteiger partial charge < -0.3 is 5.32 Å². The molecule has 82 valence electrons. The average Bonchev–Trinajstić information content (AvgIpc) is 2.22. The Labute approximate surface area is 99.0 Å². The zero-order valence-electron chi connectivity index (χ0n) is 8.91. The Morgan fingerprint density at radius 2 is 2.47 bits per heavy atom. The van der Waals surface area contributed by atoms with E-state index in [4.69, 9.17) is 0 Å². The van der Waals surface area contributed by atoms with Crippen LogP contribution in [-0.2, 0) is 6.54 Å². The highest BCUT2D eigenvalue weighted by molar-refractivity contribution is 9.10. The number of pyridine rings is 1. The number of piperazine rings is 1. The van der Waals surface area contributed by atoms with Gasteiger partial charge in [0.05, 0.1) is 5.69 Å². The molecule has 0 aliphatic carbocycles. The van der Waals surface area contributed by atoms with Crippen LogP contribution in [0, 0.1) is 0 Å². The molecule has 1 saturated heterocycles. The highest BCUT2D eigenvalue weighted by atomic mass is 79.9. The van der Waals surface area contributed by atoms with E-state index in [9.17, 15) is 0 Å². The Bertz CT molecular complexity index is 312. The van der Waals surface area contributed by atoms with Crippen molar-refractivity contribution in [2.75, 3.05) is 19.6 Å². The molecule has 2 rings (SSSR count). The maximum atomic E-state index is 4.39. The minimum Gasteiger partial charge on any atom is -0.312 e. The summed E-state index contributed by atoms with van der Waals surface area (Å²) in [6.45, 7) is 6.48. The molecule has 1 fully saturated rings. The van der Waals surface area contributed by atoms with E-state index >= 15 is 0 Å². The topological polar surface area (TPSA) is 28.2 Å². The number of nitrogens with one attached hydrogen (secondary N) is 1. The molecule has 3 nitrogen and oxygen atoms in total. The molecule has 0 bridgehead atoms. The predicted molar refractivity (Wildman–Crippen MR) is 64.7 cm³/mol. The molecule has 0 spiro atoms. The Morgan fingerprint density at radius 3 is 3.13 bits per heavy atom. The number of nitrogens with zero attached hydrogens (tertiary/aromatic N) is 2. The molecule has 0 saturated carbocycles. The minimum absolute atomic E-state index is 0.592. The van der Waals surface area contributed by atoms with E-state index in [1.807, 2.05) is 12.3 Å². The second-order valence-corrected chi connectivity index (χ2v) is 4.97. The number of aromatic nitrogens is 1. The minimum atomic E-state index is 0.592. The number of rotatable bonds is 2. The zero-order valence-corrected chi connectivity index (χ0v) is 10.5. The summed E-state index contributed by atoms with van der Waals surface area (Å²) in [5.74, 6) is 0. The Morgan fingerprint density at radius 1 is 1.60 bits per heavy atom. The van der Waals surface area contributed by atoms with E-state index < -0.39 is 0 Å². The van der Waals surface area contributed by atoms with Gasteiger partial charge in [-0.3, -0.25) is 9.88 Å². The molecule has 1 aliphatic heterocycles. The molecule has 2 heterocycles. The first kappa shape index (κ1) is 11.0. The van der Waals surface area contributed by atoms with E-state index in [2.05, 4.69) is 44.1 Å². The van der Waals surface area contributed by atoms with Gasteiger partial charge in [0.25, 0.3) is 0 Å². The molecule has 1 N–H and O–H groups in total. The van der Waals surface area contributed by atoms with Crippen LogP contribution in [-0.4, -0.2) is 35.6 Å². The van der Waals surface area contributed by atoms with Crippen LogP contribution in [0.25, 0.3) is 0 Å². The summed E-state index contributed by atoms with van der Waals surface area (Å²) in [6, 6.07) is 4.72. The van der Waals surface area contributed by atoms with E-state index in [1.165, 1.54) is 0 Å². The number of hydrogen-bond donors (Lipinski definition) is 1. The van der Waals surface area contributed by atoms with Crippen LogP contribution in [0.2, 0.25) is 0 Å². The lowest BCUT2D eigenvalue weighted by molar-refractivity contribution is 0.197. The van der Waals surface area contributed by atoms with Crippen molar-refractivity contribution in [2.45, 2.75) is 19.5 Å². The maximum absolute atomic E-state index is 4.39. The summed E-state index contributed by atoms with van der Waals surface area (Å²) >= 11 is 3.39. The smallest absolute Gasteiger partial charge is 0.0544 e. The van der Waals surface area contributed by atoms with Crippen LogP contribution < -0.4 is 5.32 Å². The first-order valence-corrected chi connectivity index (χ1v) is 6.09. The summed E-state index contributed by atoms with van der Waals surface area (Å²) in [7, 11) is 0. The van der Waals surface area contributed by atoms with Crippen molar-refractivity contribution in [1.29, 1.82) is 0 Å². The summed E-state index contributed by atoms with van der Waals surface area (Å²) in [6.07, 6.45) is 1.86. The lowest BCUT2D eigenvalue weighted by Gasteiger charge is -2.31. The van der Waals surface area contributed by atoms with Gasteiger partial charge in [-0.15, -0.1) is 0 Å². The van der Waals surface area contributed by atoms with Crippen LogP contribution in [0.4, 0.5) is 0 Å². The van der Waals surface area contributed by atoms with Crippen LogP contribution in [0.5, 0.6) is 0 Å². The fourth-order valence-corrected chi connectivity index (χ4v) is 2.12. The van der Waals surface area contributed by atoms with Gasteiger partial charge in [-0.1, -0.05) is 0 Å². The average molecular weight is 270 g/mol. The fourth-order valence-electron chi connectivity index (χ4n) is 1.88. The molecular formula is C11H16BrN3. The monoisotopic (exact) mass is 269 g/mol. The van der Waals surface area contributed by atoms with Crippen molar-refractivity contribution in [3.63, 3.8) is 0 Å². The van der Waals surface area contributed by atoms with Crippen LogP contribution in [0.1, 0.15) is 12.6 Å². The molecule has 1 aromatic heterocycles. The molecular weight excluding hydrogens is 254 g/mol. The SMILES string of the molecule is CC1CN(Cc2ccc(Br)cn2)CCN1. The van der Waals surface area contributed by atoms with Crippen molar-refractivity contribution >= 4 is 15.9 Å². The molecule has 1 atom stereocenters. The van der Waals surface area contributed by atoms with Gasteiger partial charge in [-0.2, -0.15) is 0 Å². The van der Waals surface area contributed by atoms with Crippen molar-refractivity contribution in [1.82, 2.24) is 15.2 Å². The fraction of sp³-hybridized carbons (Fsp3) is 0.545. The molecule has 4 heteroatoms. The van der Waals surface area contributed by atoms with E-state index in [0.29, 0.717) is 6.04 Å². The second kappa shape index (κ2) is 5.05. The van der Waals surface area contributed by atoms with Crippen LogP contribution in [0.3, 0.4) is 0 Å². The summed E-state index contributed by atoms with van der Waals surface area (Å²) in [5.41, 5.74) is 1.15. The first-order chi connectivity index (χ1) is 7.24. The number of hydrogen-bond acceptors (Lipinski definition) is 3. The lowest BCUT2D eigenvalue weighted by Crippen LogP contribution is -2.48. The van der Waals surface area contributed by atoms with Gasteiger partial charge in [0, 0.05) is 42.9 Å². The zero-order chi connectivity index (χ0) is 10.7. The van der Waals surface area contributed by atoms with Crippen molar-refractivity contribution in [3.05, 3.63) is 28.5 Å². The Balaban J connectivity index is 1.93. The molecule has 0 radical (unpaired) electrons. The third kappa shape index (κ3) is 3.26. The summed E-state index contributed by atoms with van der Waals surface area (Å²) in [5, 5.41) is 3.44. The van der Waals surface area contributed by atoms with Gasteiger partial charge in [0.1, 0.15) is 0 Å². The van der Waals surface area contributed by atoms with Crippen molar-refractivity contribution in [3.8, 4) is 0 Å². The van der Waals surface area contributed by atoms with Gasteiger partial charge in [-0.25, -0.2) is 0 Å². The Hall–Kier alpha value is -0.450. The van der Waals surface area contributed by atoms with Gasteiger partial charge in [0.2, 0.25) is 0 Å². The number of halogens is 1. The maximum Gasteiger partial charge on any atom is 0.0544 e. The quantitative estimate of drug-likeness (QED) is 0.885. The molecule has 1 unspecified atom stereocenters. The van der Waals surface area contributed by atoms with Gasteiger partial charge in [-0.05, 0) is 35.0 Å². The van der Waals surface area contributed by atoms with Crippen molar-refractivity contribution < 1.29 is 0 Å². The van der Waals surface area contributed by atoms with E-state index in [-0.39, 0.29) is 0 Å². The first-order valence-electron chi connectivity index (χ1n) is 5.30. The summed E-state index contributed by atoms with van der Waals surface area (Å²) < 4.78 is 1.04. The normalized spacial score (nSPS) is 22.9.